The lowest BCUT2D eigenvalue weighted by Gasteiger charge is -2.37. The van der Waals surface area contributed by atoms with E-state index in [1.54, 1.807) is 25.3 Å². The number of methoxy groups -OCH3 is 1. The van der Waals surface area contributed by atoms with E-state index < -0.39 is 21.7 Å². The van der Waals surface area contributed by atoms with Crippen molar-refractivity contribution in [3.8, 4) is 11.5 Å². The summed E-state index contributed by atoms with van der Waals surface area (Å²) in [5.74, 6) is 0.844. The quantitative estimate of drug-likeness (QED) is 0.722. The van der Waals surface area contributed by atoms with Crippen LogP contribution in [0, 0.1) is 0 Å². The Morgan fingerprint density at radius 1 is 1.37 bits per heavy atom. The normalized spacial score (nSPS) is 18.3. The highest BCUT2D eigenvalue weighted by molar-refractivity contribution is 7.91. The fourth-order valence-electron chi connectivity index (χ4n) is 2.82. The lowest BCUT2D eigenvalue weighted by atomic mass is 9.90. The molecule has 0 radical (unpaired) electrons. The molecular weight excluding hydrogens is 392 g/mol. The Bertz CT molecular complexity index is 971. The van der Waals surface area contributed by atoms with Gasteiger partial charge in [0.25, 0.3) is 10.0 Å². The van der Waals surface area contributed by atoms with Crippen molar-refractivity contribution < 1.29 is 22.7 Å². The van der Waals surface area contributed by atoms with Crippen LogP contribution in [0.4, 0.5) is 5.13 Å². The Hall–Kier alpha value is -2.24. The van der Waals surface area contributed by atoms with Crippen molar-refractivity contribution in [3.05, 3.63) is 23.8 Å². The number of aromatic nitrogens is 2. The molecule has 0 spiro atoms. The number of sulfonamides is 1. The number of hydrogen-bond acceptors (Lipinski definition) is 8. The van der Waals surface area contributed by atoms with E-state index in [0.29, 0.717) is 23.5 Å². The van der Waals surface area contributed by atoms with Crippen molar-refractivity contribution in [1.29, 1.82) is 0 Å². The van der Waals surface area contributed by atoms with Gasteiger partial charge < -0.3 is 14.8 Å². The number of ether oxygens (including phenoxy) is 2. The van der Waals surface area contributed by atoms with Gasteiger partial charge >= 0.3 is 0 Å². The number of benzene rings is 1. The van der Waals surface area contributed by atoms with E-state index in [4.69, 9.17) is 9.47 Å². The fraction of sp³-hybridized carbons (Fsp3) is 0.438. The molecule has 0 fully saturated rings. The standard InChI is InChI=1S/C16H20N4O5S2/c1-9(21)17-14-18-19-15(26-14)27(22,23)20-12-8-16(2,3)25-13-6-5-10(24-4)7-11(12)13/h5-7,12,20H,8H2,1-4H3,(H,17,18,21). The highest BCUT2D eigenvalue weighted by Crippen LogP contribution is 2.41. The molecule has 2 heterocycles. The minimum atomic E-state index is -3.94. The van der Waals surface area contributed by atoms with Crippen molar-refractivity contribution in [2.24, 2.45) is 0 Å². The van der Waals surface area contributed by atoms with E-state index >= 15 is 0 Å². The van der Waals surface area contributed by atoms with E-state index in [0.717, 1.165) is 11.3 Å². The number of hydrogen-bond donors (Lipinski definition) is 2. The molecule has 11 heteroatoms. The second-order valence-corrected chi connectivity index (χ2v) is 9.56. The van der Waals surface area contributed by atoms with Crippen molar-refractivity contribution in [3.63, 3.8) is 0 Å². The number of fused-ring (bicyclic) bond motifs is 1. The second kappa shape index (κ2) is 7.06. The molecular formula is C16H20N4O5S2. The largest absolute Gasteiger partial charge is 0.497 e. The van der Waals surface area contributed by atoms with Gasteiger partial charge in [-0.2, -0.15) is 0 Å². The minimum absolute atomic E-state index is 0.122. The molecule has 0 saturated carbocycles. The summed E-state index contributed by atoms with van der Waals surface area (Å²) in [6, 6.07) is 4.74. The highest BCUT2D eigenvalue weighted by Gasteiger charge is 2.37. The number of rotatable bonds is 5. The molecule has 1 aliphatic heterocycles. The first-order valence-corrected chi connectivity index (χ1v) is 10.4. The van der Waals surface area contributed by atoms with Crippen molar-refractivity contribution in [2.75, 3.05) is 12.4 Å². The zero-order valence-corrected chi connectivity index (χ0v) is 16.9. The molecule has 1 atom stereocenters. The summed E-state index contributed by atoms with van der Waals surface area (Å²) in [6.07, 6.45) is 0.420. The van der Waals surface area contributed by atoms with E-state index in [2.05, 4.69) is 20.2 Å². The van der Waals surface area contributed by atoms with E-state index in [1.165, 1.54) is 6.92 Å². The number of nitrogens with one attached hydrogen (secondary N) is 2. The Balaban J connectivity index is 1.92. The topological polar surface area (TPSA) is 120 Å². The van der Waals surface area contributed by atoms with Crippen LogP contribution in [0.2, 0.25) is 0 Å². The first-order valence-electron chi connectivity index (χ1n) is 8.10. The maximum atomic E-state index is 12.8. The van der Waals surface area contributed by atoms with E-state index in [9.17, 15) is 13.2 Å². The summed E-state index contributed by atoms with van der Waals surface area (Å²) in [7, 11) is -2.40. The number of carbonyl (C=O) groups excluding carboxylic acids is 1. The molecule has 27 heavy (non-hydrogen) atoms. The molecule has 0 bridgehead atoms. The first kappa shape index (κ1) is 19.5. The Labute approximate surface area is 161 Å². The summed E-state index contributed by atoms with van der Waals surface area (Å²) in [5, 5.41) is 9.91. The molecule has 9 nitrogen and oxygen atoms in total. The van der Waals surface area contributed by atoms with Crippen LogP contribution in [-0.4, -0.2) is 37.2 Å². The summed E-state index contributed by atoms with van der Waals surface area (Å²) in [5.41, 5.74) is 0.126. The van der Waals surface area contributed by atoms with Crippen molar-refractivity contribution in [2.45, 2.75) is 43.2 Å². The van der Waals surface area contributed by atoms with Gasteiger partial charge in [-0.05, 0) is 32.0 Å². The predicted octanol–water partition coefficient (Wildman–Crippen LogP) is 2.09. The van der Waals surface area contributed by atoms with Gasteiger partial charge in [-0.1, -0.05) is 11.3 Å². The van der Waals surface area contributed by atoms with Gasteiger partial charge in [0.15, 0.2) is 0 Å². The maximum Gasteiger partial charge on any atom is 0.270 e. The summed E-state index contributed by atoms with van der Waals surface area (Å²) in [4.78, 5) is 11.1. The summed E-state index contributed by atoms with van der Waals surface area (Å²) in [6.45, 7) is 5.09. The summed E-state index contributed by atoms with van der Waals surface area (Å²) >= 11 is 0.785. The molecule has 1 aliphatic rings. The third-order valence-electron chi connectivity index (χ3n) is 3.89. The van der Waals surface area contributed by atoms with Crippen LogP contribution in [-0.2, 0) is 14.8 Å². The van der Waals surface area contributed by atoms with Crippen LogP contribution >= 0.6 is 11.3 Å². The number of nitrogens with zero attached hydrogens (tertiary/aromatic N) is 2. The Morgan fingerprint density at radius 3 is 2.78 bits per heavy atom. The molecule has 2 aromatic rings. The maximum absolute atomic E-state index is 12.8. The fourth-order valence-corrected chi connectivity index (χ4v) is 5.00. The highest BCUT2D eigenvalue weighted by atomic mass is 32.2. The molecule has 0 saturated heterocycles. The molecule has 0 aliphatic carbocycles. The van der Waals surface area contributed by atoms with Crippen LogP contribution in [0.25, 0.3) is 0 Å². The molecule has 1 aromatic carbocycles. The molecule has 1 amide bonds. The monoisotopic (exact) mass is 412 g/mol. The number of carbonyl (C=O) groups is 1. The number of anilines is 1. The first-order chi connectivity index (χ1) is 12.6. The third kappa shape index (κ3) is 4.37. The average molecular weight is 412 g/mol. The van der Waals surface area contributed by atoms with Crippen LogP contribution in [0.1, 0.15) is 38.8 Å². The SMILES string of the molecule is COc1ccc2c(c1)C(NS(=O)(=O)c1nnc(NC(C)=O)s1)CC(C)(C)O2. The van der Waals surface area contributed by atoms with Gasteiger partial charge in [-0.25, -0.2) is 13.1 Å². The van der Waals surface area contributed by atoms with E-state index in [-0.39, 0.29) is 15.4 Å². The lowest BCUT2D eigenvalue weighted by molar-refractivity contribution is -0.114. The van der Waals surface area contributed by atoms with E-state index in [1.807, 2.05) is 13.8 Å². The van der Waals surface area contributed by atoms with Crippen molar-refractivity contribution >= 4 is 32.4 Å². The van der Waals surface area contributed by atoms with Crippen LogP contribution < -0.4 is 19.5 Å². The zero-order chi connectivity index (χ0) is 19.8. The van der Waals surface area contributed by atoms with Crippen LogP contribution in [0.15, 0.2) is 22.5 Å². The minimum Gasteiger partial charge on any atom is -0.497 e. The molecule has 2 N–H and O–H groups in total. The molecule has 1 unspecified atom stereocenters. The van der Waals surface area contributed by atoms with Crippen molar-refractivity contribution in [1.82, 2.24) is 14.9 Å². The Kier molecular flexibility index (Phi) is 5.10. The van der Waals surface area contributed by atoms with Gasteiger partial charge in [0.2, 0.25) is 15.4 Å². The Morgan fingerprint density at radius 2 is 2.11 bits per heavy atom. The molecule has 1 aromatic heterocycles. The molecule has 146 valence electrons. The van der Waals surface area contributed by atoms with Crippen LogP contribution in [0.3, 0.4) is 0 Å². The van der Waals surface area contributed by atoms with Gasteiger partial charge in [0.1, 0.15) is 17.1 Å². The lowest BCUT2D eigenvalue weighted by Crippen LogP contribution is -2.41. The van der Waals surface area contributed by atoms with Crippen LogP contribution in [0.5, 0.6) is 11.5 Å². The average Bonchev–Trinajstić information content (AvgIpc) is 3.02. The summed E-state index contributed by atoms with van der Waals surface area (Å²) < 4.78 is 39.2. The third-order valence-corrected chi connectivity index (χ3v) is 6.57. The molecule has 3 rings (SSSR count). The smallest absolute Gasteiger partial charge is 0.270 e. The van der Waals surface area contributed by atoms with Gasteiger partial charge in [0.05, 0.1) is 13.2 Å². The predicted molar refractivity (Wildman–Crippen MR) is 99.6 cm³/mol. The zero-order valence-electron chi connectivity index (χ0n) is 15.3. The second-order valence-electron chi connectivity index (χ2n) is 6.70. The van der Waals surface area contributed by atoms with Gasteiger partial charge in [-0.15, -0.1) is 10.2 Å². The number of amides is 1. The van der Waals surface area contributed by atoms with Gasteiger partial charge in [0, 0.05) is 18.9 Å². The van der Waals surface area contributed by atoms with Gasteiger partial charge in [-0.3, -0.25) is 4.79 Å².